The van der Waals surface area contributed by atoms with Crippen LogP contribution in [-0.4, -0.2) is 85.8 Å². The number of likely N-dealkylation sites (N-methyl/N-ethyl adjacent to an activating group) is 1. The summed E-state index contributed by atoms with van der Waals surface area (Å²) in [4.78, 5) is 22.4. The molecule has 0 radical (unpaired) electrons. The molecule has 11 heteroatoms. The fourth-order valence-electron chi connectivity index (χ4n) is 5.43. The van der Waals surface area contributed by atoms with Crippen LogP contribution >= 0.6 is 0 Å². The zero-order valence-electron chi connectivity index (χ0n) is 26.6. The summed E-state index contributed by atoms with van der Waals surface area (Å²) in [5.74, 6) is -0.0546. The lowest BCUT2D eigenvalue weighted by molar-refractivity contribution is -0.0177. The lowest BCUT2D eigenvalue weighted by atomic mass is 10.0. The molecule has 2 aromatic carbocycles. The van der Waals surface area contributed by atoms with Crippen molar-refractivity contribution >= 4 is 21.6 Å². The maximum atomic E-state index is 14.3. The minimum absolute atomic E-state index is 0.0751. The second-order valence-electron chi connectivity index (χ2n) is 12.0. The molecule has 4 rings (SSSR count). The molecule has 0 spiro atoms. The maximum Gasteiger partial charge on any atom is 0.261 e. The van der Waals surface area contributed by atoms with Crippen molar-refractivity contribution in [2.24, 2.45) is 5.92 Å². The number of benzene rings is 2. The third-order valence-corrected chi connectivity index (χ3v) is 9.45. The van der Waals surface area contributed by atoms with Crippen molar-refractivity contribution in [1.29, 1.82) is 0 Å². The van der Waals surface area contributed by atoms with Gasteiger partial charge in [-0.25, -0.2) is 8.42 Å². The standard InChI is InChI=1S/C34H46N4O6S/c1-25-21-38(26(2)24-39)34(40)31-20-29(36-45(41,42)30-11-6-5-7-12-30)13-14-32(31)44-27(3)10-8-9-19-43-33(25)23-37(4)22-28-15-17-35-18-16-28/h5-7,11-18,20,25-27,33,36,39H,8-10,19,21-24H2,1-4H3/t25-,26+,27+,33-/m1/s1. The predicted molar refractivity (Wildman–Crippen MR) is 175 cm³/mol. The van der Waals surface area contributed by atoms with Gasteiger partial charge in [0.05, 0.1) is 35.3 Å². The molecule has 2 heterocycles. The van der Waals surface area contributed by atoms with Crippen LogP contribution in [0.25, 0.3) is 0 Å². The van der Waals surface area contributed by atoms with E-state index in [0.717, 1.165) is 31.4 Å². The average molecular weight is 639 g/mol. The Labute approximate surface area is 267 Å². The Kier molecular flexibility index (Phi) is 12.3. The summed E-state index contributed by atoms with van der Waals surface area (Å²) in [5.41, 5.74) is 1.62. The largest absolute Gasteiger partial charge is 0.490 e. The third-order valence-electron chi connectivity index (χ3n) is 8.05. The van der Waals surface area contributed by atoms with E-state index in [9.17, 15) is 18.3 Å². The van der Waals surface area contributed by atoms with Crippen LogP contribution in [0.1, 0.15) is 56.0 Å². The van der Waals surface area contributed by atoms with E-state index in [4.69, 9.17) is 9.47 Å². The Morgan fingerprint density at radius 1 is 1.09 bits per heavy atom. The number of nitrogens with zero attached hydrogens (tertiary/aromatic N) is 3. The van der Waals surface area contributed by atoms with Gasteiger partial charge in [0, 0.05) is 50.2 Å². The van der Waals surface area contributed by atoms with E-state index in [1.165, 1.54) is 18.2 Å². The van der Waals surface area contributed by atoms with Crippen LogP contribution in [0.3, 0.4) is 0 Å². The molecule has 0 saturated carbocycles. The zero-order valence-corrected chi connectivity index (χ0v) is 27.4. The van der Waals surface area contributed by atoms with Crippen LogP contribution in [0.2, 0.25) is 0 Å². The van der Waals surface area contributed by atoms with E-state index < -0.39 is 16.1 Å². The SMILES string of the molecule is C[C@@H]1CN([C@@H](C)CO)C(=O)c2cc(NS(=O)(=O)c3ccccc3)ccc2O[C@@H](C)CCCCO[C@@H]1CN(C)Cc1ccncc1. The minimum atomic E-state index is -3.88. The monoisotopic (exact) mass is 638 g/mol. The second kappa shape index (κ2) is 16.2. The number of hydrogen-bond acceptors (Lipinski definition) is 8. The molecule has 244 valence electrons. The van der Waals surface area contributed by atoms with Gasteiger partial charge in [-0.15, -0.1) is 0 Å². The first-order chi connectivity index (χ1) is 21.6. The van der Waals surface area contributed by atoms with Crippen molar-refractivity contribution in [2.45, 2.75) is 69.7 Å². The predicted octanol–water partition coefficient (Wildman–Crippen LogP) is 4.81. The molecule has 1 aliphatic rings. The molecule has 1 amide bonds. The van der Waals surface area contributed by atoms with E-state index >= 15 is 0 Å². The Morgan fingerprint density at radius 2 is 1.82 bits per heavy atom. The third kappa shape index (κ3) is 9.74. The van der Waals surface area contributed by atoms with Crippen molar-refractivity contribution in [3.05, 3.63) is 84.2 Å². The molecule has 45 heavy (non-hydrogen) atoms. The Morgan fingerprint density at radius 3 is 2.53 bits per heavy atom. The first-order valence-electron chi connectivity index (χ1n) is 15.6. The highest BCUT2D eigenvalue weighted by atomic mass is 32.2. The van der Waals surface area contributed by atoms with Crippen LogP contribution in [-0.2, 0) is 21.3 Å². The fraction of sp³-hybridized carbons (Fsp3) is 0.471. The van der Waals surface area contributed by atoms with Crippen LogP contribution in [0.4, 0.5) is 5.69 Å². The van der Waals surface area contributed by atoms with E-state index in [0.29, 0.717) is 25.4 Å². The van der Waals surface area contributed by atoms with Crippen LogP contribution < -0.4 is 9.46 Å². The molecule has 4 atom stereocenters. The van der Waals surface area contributed by atoms with E-state index in [2.05, 4.69) is 21.5 Å². The molecule has 2 N–H and O–H groups in total. The molecule has 3 aromatic rings. The average Bonchev–Trinajstić information content (AvgIpc) is 3.03. The molecule has 0 fully saturated rings. The van der Waals surface area contributed by atoms with E-state index in [-0.39, 0.29) is 46.8 Å². The van der Waals surface area contributed by atoms with Gasteiger partial charge < -0.3 is 19.5 Å². The molecule has 1 aromatic heterocycles. The second-order valence-corrected chi connectivity index (χ2v) is 13.7. The summed E-state index contributed by atoms with van der Waals surface area (Å²) in [6.45, 7) is 7.88. The van der Waals surface area contributed by atoms with Gasteiger partial charge in [-0.05, 0) is 88.2 Å². The maximum absolute atomic E-state index is 14.3. The Hall–Kier alpha value is -3.51. The summed E-state index contributed by atoms with van der Waals surface area (Å²) >= 11 is 0. The Bertz CT molecular complexity index is 1470. The van der Waals surface area contributed by atoms with E-state index in [1.54, 1.807) is 54.5 Å². The van der Waals surface area contributed by atoms with Gasteiger partial charge in [0.1, 0.15) is 5.75 Å². The summed E-state index contributed by atoms with van der Waals surface area (Å²) in [7, 11) is -1.83. The van der Waals surface area contributed by atoms with Crippen molar-refractivity contribution in [3.8, 4) is 5.75 Å². The number of anilines is 1. The van der Waals surface area contributed by atoms with Crippen molar-refractivity contribution in [3.63, 3.8) is 0 Å². The molecular weight excluding hydrogens is 592 g/mol. The number of aliphatic hydroxyl groups excluding tert-OH is 1. The van der Waals surface area contributed by atoms with Gasteiger partial charge in [-0.2, -0.15) is 0 Å². The first-order valence-corrected chi connectivity index (χ1v) is 17.0. The number of aromatic nitrogens is 1. The number of sulfonamides is 1. The van der Waals surface area contributed by atoms with Crippen LogP contribution in [0.15, 0.2) is 78.0 Å². The van der Waals surface area contributed by atoms with E-state index in [1.807, 2.05) is 26.1 Å². The molecular formula is C34H46N4O6S. The topological polar surface area (TPSA) is 121 Å². The summed E-state index contributed by atoms with van der Waals surface area (Å²) < 4.78 is 41.5. The highest BCUT2D eigenvalue weighted by molar-refractivity contribution is 7.92. The quantitative estimate of drug-likeness (QED) is 0.343. The van der Waals surface area contributed by atoms with Crippen molar-refractivity contribution in [1.82, 2.24) is 14.8 Å². The highest BCUT2D eigenvalue weighted by Crippen LogP contribution is 2.29. The van der Waals surface area contributed by atoms with Gasteiger partial charge in [-0.1, -0.05) is 25.1 Å². The number of carbonyl (C=O) groups is 1. The van der Waals surface area contributed by atoms with Gasteiger partial charge in [0.15, 0.2) is 0 Å². The van der Waals surface area contributed by atoms with Crippen LogP contribution in [0, 0.1) is 5.92 Å². The zero-order chi connectivity index (χ0) is 32.4. The molecule has 0 bridgehead atoms. The van der Waals surface area contributed by atoms with Gasteiger partial charge in [0.2, 0.25) is 0 Å². The number of carbonyl (C=O) groups excluding carboxylic acids is 1. The number of nitrogens with one attached hydrogen (secondary N) is 1. The fourth-order valence-corrected chi connectivity index (χ4v) is 6.50. The van der Waals surface area contributed by atoms with Crippen LogP contribution in [0.5, 0.6) is 5.75 Å². The smallest absolute Gasteiger partial charge is 0.261 e. The lowest BCUT2D eigenvalue weighted by Gasteiger charge is -2.36. The number of ether oxygens (including phenoxy) is 2. The summed E-state index contributed by atoms with van der Waals surface area (Å²) in [6.07, 6.45) is 5.73. The Balaban J connectivity index is 1.64. The minimum Gasteiger partial charge on any atom is -0.490 e. The number of aliphatic hydroxyl groups is 1. The molecule has 10 nitrogen and oxygen atoms in total. The number of pyridine rings is 1. The summed E-state index contributed by atoms with van der Waals surface area (Å²) in [5, 5.41) is 10.2. The molecule has 1 aliphatic heterocycles. The number of rotatable bonds is 9. The highest BCUT2D eigenvalue weighted by Gasteiger charge is 2.30. The molecule has 0 unspecified atom stereocenters. The van der Waals surface area contributed by atoms with Gasteiger partial charge >= 0.3 is 0 Å². The number of fused-ring (bicyclic) bond motifs is 1. The van der Waals surface area contributed by atoms with Crippen molar-refractivity contribution < 1.29 is 27.8 Å². The molecule has 0 saturated heterocycles. The number of hydrogen-bond donors (Lipinski definition) is 2. The van der Waals surface area contributed by atoms with Crippen molar-refractivity contribution in [2.75, 3.05) is 38.1 Å². The number of amides is 1. The normalized spacial score (nSPS) is 21.0. The summed E-state index contributed by atoms with van der Waals surface area (Å²) in [6, 6.07) is 16.3. The first kappa shape index (κ1) is 34.4. The molecule has 0 aliphatic carbocycles. The van der Waals surface area contributed by atoms with Gasteiger partial charge in [0.25, 0.3) is 15.9 Å². The lowest BCUT2D eigenvalue weighted by Crippen LogP contribution is -2.47. The van der Waals surface area contributed by atoms with Gasteiger partial charge in [-0.3, -0.25) is 19.4 Å².